The van der Waals surface area contributed by atoms with Gasteiger partial charge in [0.1, 0.15) is 5.75 Å². The molecule has 0 aliphatic heterocycles. The average Bonchev–Trinajstić information content (AvgIpc) is 2.76. The smallest absolute Gasteiger partial charge is 0.337 e. The molecule has 0 bridgehead atoms. The molecule has 1 aliphatic rings. The second kappa shape index (κ2) is 9.29. The molecule has 0 spiro atoms. The Labute approximate surface area is 181 Å². The molecule has 2 aromatic rings. The summed E-state index contributed by atoms with van der Waals surface area (Å²) in [4.78, 5) is 36.2. The van der Waals surface area contributed by atoms with Crippen molar-refractivity contribution in [2.24, 2.45) is 5.92 Å². The van der Waals surface area contributed by atoms with Gasteiger partial charge in [-0.05, 0) is 53.6 Å². The van der Waals surface area contributed by atoms with E-state index < -0.39 is 17.8 Å². The molecule has 0 aromatic heterocycles. The van der Waals surface area contributed by atoms with Crippen LogP contribution in [0, 0.1) is 16.0 Å². The van der Waals surface area contributed by atoms with Crippen molar-refractivity contribution < 1.29 is 24.0 Å². The first-order valence-corrected chi connectivity index (χ1v) is 10.3. The summed E-state index contributed by atoms with van der Waals surface area (Å²) in [5.74, 6) is -0.763. The van der Waals surface area contributed by atoms with E-state index >= 15 is 0 Å². The van der Waals surface area contributed by atoms with Gasteiger partial charge >= 0.3 is 5.97 Å². The molecule has 0 N–H and O–H groups in total. The Hall–Kier alpha value is -3.22. The molecule has 7 nitrogen and oxygen atoms in total. The number of rotatable bonds is 7. The summed E-state index contributed by atoms with van der Waals surface area (Å²) < 4.78 is 10.2. The summed E-state index contributed by atoms with van der Waals surface area (Å²) in [5, 5.41) is 11.4. The Kier molecular flexibility index (Phi) is 6.73. The molecule has 1 aliphatic carbocycles. The van der Waals surface area contributed by atoms with Gasteiger partial charge in [-0.2, -0.15) is 0 Å². The van der Waals surface area contributed by atoms with E-state index in [2.05, 4.69) is 13.8 Å². The van der Waals surface area contributed by atoms with Crippen molar-refractivity contribution in [2.45, 2.75) is 38.5 Å². The van der Waals surface area contributed by atoms with Crippen LogP contribution >= 0.6 is 0 Å². The van der Waals surface area contributed by atoms with E-state index in [9.17, 15) is 19.7 Å². The summed E-state index contributed by atoms with van der Waals surface area (Å²) in [6.07, 6.45) is 1.21. The third-order valence-corrected chi connectivity index (χ3v) is 6.00. The van der Waals surface area contributed by atoms with Crippen LogP contribution in [0.5, 0.6) is 5.75 Å². The highest BCUT2D eigenvalue weighted by molar-refractivity contribution is 6.01. The largest absolute Gasteiger partial charge is 0.496 e. The zero-order chi connectivity index (χ0) is 22.7. The van der Waals surface area contributed by atoms with Gasteiger partial charge in [-0.15, -0.1) is 0 Å². The predicted octanol–water partition coefficient (Wildman–Crippen LogP) is 4.41. The lowest BCUT2D eigenvalue weighted by Gasteiger charge is -2.30. The molecule has 2 unspecified atom stereocenters. The summed E-state index contributed by atoms with van der Waals surface area (Å²) in [6, 6.07) is 10.3. The fourth-order valence-electron chi connectivity index (χ4n) is 4.34. The van der Waals surface area contributed by atoms with E-state index in [1.807, 2.05) is 6.07 Å². The Morgan fingerprint density at radius 1 is 1.19 bits per heavy atom. The second-order valence-electron chi connectivity index (χ2n) is 8.15. The van der Waals surface area contributed by atoms with Crippen molar-refractivity contribution in [1.82, 2.24) is 0 Å². The molecule has 2 aromatic carbocycles. The predicted molar refractivity (Wildman–Crippen MR) is 116 cm³/mol. The van der Waals surface area contributed by atoms with Gasteiger partial charge in [0.25, 0.3) is 0 Å². The van der Waals surface area contributed by atoms with Crippen molar-refractivity contribution >= 4 is 11.8 Å². The third-order valence-electron chi connectivity index (χ3n) is 6.00. The summed E-state index contributed by atoms with van der Waals surface area (Å²) in [6.45, 7) is 3.79. The van der Waals surface area contributed by atoms with Gasteiger partial charge in [0, 0.05) is 16.4 Å². The number of fused-ring (bicyclic) bond motifs is 1. The molecule has 31 heavy (non-hydrogen) atoms. The Morgan fingerprint density at radius 3 is 2.42 bits per heavy atom. The van der Waals surface area contributed by atoms with E-state index in [1.54, 1.807) is 37.4 Å². The molecule has 7 heteroatoms. The molecule has 164 valence electrons. The van der Waals surface area contributed by atoms with Gasteiger partial charge < -0.3 is 9.47 Å². The fourth-order valence-corrected chi connectivity index (χ4v) is 4.34. The molecule has 0 heterocycles. The van der Waals surface area contributed by atoms with Gasteiger partial charge in [0.05, 0.1) is 25.7 Å². The number of benzene rings is 2. The zero-order valence-electron chi connectivity index (χ0n) is 18.2. The molecular formula is C24H27NO6. The first-order valence-electron chi connectivity index (χ1n) is 10.3. The van der Waals surface area contributed by atoms with Crippen molar-refractivity contribution in [3.63, 3.8) is 0 Å². The quantitative estimate of drug-likeness (QED) is 0.370. The maximum Gasteiger partial charge on any atom is 0.337 e. The number of methoxy groups -OCH3 is 2. The summed E-state index contributed by atoms with van der Waals surface area (Å²) in [7, 11) is 2.87. The molecule has 0 saturated carbocycles. The molecule has 0 amide bonds. The number of ether oxygens (including phenoxy) is 2. The van der Waals surface area contributed by atoms with E-state index in [1.165, 1.54) is 7.11 Å². The average molecular weight is 425 g/mol. The number of hydrogen-bond donors (Lipinski definition) is 0. The SMILES string of the molecule is COC(=O)c1ccc(C(C[N+](=O)[O-])C2CCc3cc(C(C)C)c(OC)cc3C2=O)cc1. The lowest BCUT2D eigenvalue weighted by molar-refractivity contribution is -0.484. The van der Waals surface area contributed by atoms with Crippen LogP contribution in [0.3, 0.4) is 0 Å². The van der Waals surface area contributed by atoms with E-state index in [0.717, 1.165) is 11.1 Å². The molecule has 0 fully saturated rings. The van der Waals surface area contributed by atoms with Gasteiger partial charge in [0.2, 0.25) is 6.54 Å². The van der Waals surface area contributed by atoms with Crippen molar-refractivity contribution in [1.29, 1.82) is 0 Å². The molecule has 3 rings (SSSR count). The van der Waals surface area contributed by atoms with E-state index in [0.29, 0.717) is 35.3 Å². The minimum Gasteiger partial charge on any atom is -0.496 e. The third kappa shape index (κ3) is 4.60. The number of hydrogen-bond acceptors (Lipinski definition) is 6. The number of ketones is 1. The van der Waals surface area contributed by atoms with Gasteiger partial charge in [-0.1, -0.05) is 32.0 Å². The zero-order valence-corrected chi connectivity index (χ0v) is 18.2. The van der Waals surface area contributed by atoms with Crippen LogP contribution in [-0.4, -0.2) is 37.4 Å². The summed E-state index contributed by atoms with van der Waals surface area (Å²) in [5.41, 5.74) is 3.62. The van der Waals surface area contributed by atoms with Crippen LogP contribution in [0.4, 0.5) is 0 Å². The lowest BCUT2D eigenvalue weighted by atomic mass is 9.73. The fraction of sp³-hybridized carbons (Fsp3) is 0.417. The van der Waals surface area contributed by atoms with E-state index in [4.69, 9.17) is 9.47 Å². The minimum atomic E-state index is -0.585. The van der Waals surface area contributed by atoms with Crippen LogP contribution in [0.25, 0.3) is 0 Å². The Balaban J connectivity index is 1.98. The highest BCUT2D eigenvalue weighted by Gasteiger charge is 2.37. The lowest BCUT2D eigenvalue weighted by Crippen LogP contribution is -2.32. The van der Waals surface area contributed by atoms with Gasteiger partial charge in [0.15, 0.2) is 5.78 Å². The Morgan fingerprint density at radius 2 is 1.87 bits per heavy atom. The molecular weight excluding hydrogens is 398 g/mol. The molecule has 2 atom stereocenters. The van der Waals surface area contributed by atoms with Crippen LogP contribution in [-0.2, 0) is 11.2 Å². The number of aryl methyl sites for hydroxylation is 1. The van der Waals surface area contributed by atoms with Crippen molar-refractivity contribution in [3.8, 4) is 5.75 Å². The highest BCUT2D eigenvalue weighted by atomic mass is 16.6. The van der Waals surface area contributed by atoms with Crippen molar-refractivity contribution in [2.75, 3.05) is 20.8 Å². The first kappa shape index (κ1) is 22.5. The topological polar surface area (TPSA) is 95.7 Å². The highest BCUT2D eigenvalue weighted by Crippen LogP contribution is 2.39. The van der Waals surface area contributed by atoms with Gasteiger partial charge in [-0.25, -0.2) is 4.79 Å². The molecule has 0 saturated heterocycles. The molecule has 0 radical (unpaired) electrons. The van der Waals surface area contributed by atoms with Crippen LogP contribution in [0.15, 0.2) is 36.4 Å². The maximum absolute atomic E-state index is 13.4. The monoisotopic (exact) mass is 425 g/mol. The number of nitro groups is 1. The van der Waals surface area contributed by atoms with Crippen LogP contribution in [0.2, 0.25) is 0 Å². The summed E-state index contributed by atoms with van der Waals surface area (Å²) >= 11 is 0. The van der Waals surface area contributed by atoms with Crippen LogP contribution < -0.4 is 4.74 Å². The standard InChI is InChI=1S/C24H27NO6/c1-14(2)19-11-17-9-10-18(23(26)20(17)12-22(19)30-3)21(13-25(28)29)15-5-7-16(8-6-15)24(27)31-4/h5-8,11-12,14,18,21H,9-10,13H2,1-4H3. The number of carbonyl (C=O) groups excluding carboxylic acids is 2. The Bertz CT molecular complexity index is 996. The van der Waals surface area contributed by atoms with Gasteiger partial charge in [-0.3, -0.25) is 14.9 Å². The number of Topliss-reactive ketones (excluding diaryl/α,β-unsaturated/α-hetero) is 1. The van der Waals surface area contributed by atoms with E-state index in [-0.39, 0.29) is 23.2 Å². The number of carbonyl (C=O) groups is 2. The number of esters is 1. The maximum atomic E-state index is 13.4. The van der Waals surface area contributed by atoms with Crippen LogP contribution in [0.1, 0.15) is 69.5 Å². The minimum absolute atomic E-state index is 0.0984. The van der Waals surface area contributed by atoms with Crippen molar-refractivity contribution in [3.05, 3.63) is 74.3 Å². The first-order chi connectivity index (χ1) is 14.8. The number of nitrogens with zero attached hydrogens (tertiary/aromatic N) is 1. The second-order valence-corrected chi connectivity index (χ2v) is 8.15. The normalized spacial score (nSPS) is 16.5.